The van der Waals surface area contributed by atoms with Gasteiger partial charge in [0, 0.05) is 11.9 Å². The Morgan fingerprint density at radius 1 is 1.64 bits per heavy atom. The van der Waals surface area contributed by atoms with Crippen molar-refractivity contribution in [1.29, 1.82) is 0 Å². The number of hydrogen-bond donors (Lipinski definition) is 2. The lowest BCUT2D eigenvalue weighted by Gasteiger charge is -2.07. The minimum atomic E-state index is 0.649. The Bertz CT molecular complexity index is 223. The van der Waals surface area contributed by atoms with E-state index in [9.17, 15) is 0 Å². The fourth-order valence-corrected chi connectivity index (χ4v) is 1.79. The monoisotopic (exact) mass is 213 g/mol. The van der Waals surface area contributed by atoms with Crippen molar-refractivity contribution in [3.63, 3.8) is 0 Å². The molecule has 0 aliphatic rings. The summed E-state index contributed by atoms with van der Waals surface area (Å²) in [5.74, 6) is 0.649. The molecule has 1 atom stereocenters. The highest BCUT2D eigenvalue weighted by molar-refractivity contribution is 7.07. The smallest absolute Gasteiger partial charge is 0.0795 e. The molecule has 1 aromatic rings. The van der Waals surface area contributed by atoms with Gasteiger partial charge in [0.25, 0.3) is 0 Å². The van der Waals surface area contributed by atoms with Crippen LogP contribution in [0.1, 0.15) is 25.5 Å². The largest absolute Gasteiger partial charge is 0.330 e. The van der Waals surface area contributed by atoms with Gasteiger partial charge < -0.3 is 11.1 Å². The molecule has 14 heavy (non-hydrogen) atoms. The fraction of sp³-hybridized carbons (Fsp3) is 0.700. The van der Waals surface area contributed by atoms with Crippen LogP contribution in [0.5, 0.6) is 0 Å². The maximum absolute atomic E-state index is 5.53. The standard InChI is InChI=1S/C10H19N3S/c1-9(5-11)3-2-4-12-6-10-7-14-8-13-10/h7-9,12H,2-6,11H2,1H3. The highest BCUT2D eigenvalue weighted by atomic mass is 32.1. The van der Waals surface area contributed by atoms with E-state index in [1.165, 1.54) is 12.8 Å². The number of aromatic nitrogens is 1. The van der Waals surface area contributed by atoms with Crippen molar-refractivity contribution in [3.05, 3.63) is 16.6 Å². The lowest BCUT2D eigenvalue weighted by molar-refractivity contribution is 0.500. The molecule has 0 amide bonds. The first-order valence-electron chi connectivity index (χ1n) is 5.10. The number of nitrogens with two attached hydrogens (primary N) is 1. The third kappa shape index (κ3) is 4.69. The Labute approximate surface area is 89.7 Å². The number of thiazole rings is 1. The molecule has 3 nitrogen and oxygen atoms in total. The zero-order chi connectivity index (χ0) is 10.2. The second-order valence-corrected chi connectivity index (χ2v) is 4.36. The predicted molar refractivity (Wildman–Crippen MR) is 61.3 cm³/mol. The van der Waals surface area contributed by atoms with Gasteiger partial charge in [-0.15, -0.1) is 11.3 Å². The molecule has 0 aliphatic heterocycles. The van der Waals surface area contributed by atoms with E-state index in [1.54, 1.807) is 11.3 Å². The Kier molecular flexibility index (Phi) is 5.75. The summed E-state index contributed by atoms with van der Waals surface area (Å²) >= 11 is 1.64. The summed E-state index contributed by atoms with van der Waals surface area (Å²) in [7, 11) is 0. The van der Waals surface area contributed by atoms with Crippen molar-refractivity contribution >= 4 is 11.3 Å². The summed E-state index contributed by atoms with van der Waals surface area (Å²) in [5, 5.41) is 5.45. The third-order valence-electron chi connectivity index (χ3n) is 2.24. The van der Waals surface area contributed by atoms with E-state index in [0.717, 1.165) is 25.3 Å². The van der Waals surface area contributed by atoms with E-state index < -0.39 is 0 Å². The van der Waals surface area contributed by atoms with Crippen molar-refractivity contribution < 1.29 is 0 Å². The van der Waals surface area contributed by atoms with Gasteiger partial charge in [-0.1, -0.05) is 6.92 Å². The lowest BCUT2D eigenvalue weighted by atomic mass is 10.1. The molecule has 0 radical (unpaired) electrons. The first kappa shape index (κ1) is 11.6. The molecule has 0 bridgehead atoms. The molecule has 3 N–H and O–H groups in total. The molecule has 1 aromatic heterocycles. The van der Waals surface area contributed by atoms with Gasteiger partial charge in [-0.05, 0) is 31.8 Å². The van der Waals surface area contributed by atoms with E-state index in [-0.39, 0.29) is 0 Å². The molecule has 0 aromatic carbocycles. The number of rotatable bonds is 7. The second-order valence-electron chi connectivity index (χ2n) is 3.64. The Morgan fingerprint density at radius 2 is 2.50 bits per heavy atom. The first-order valence-corrected chi connectivity index (χ1v) is 6.05. The highest BCUT2D eigenvalue weighted by Crippen LogP contribution is 2.03. The van der Waals surface area contributed by atoms with Crippen molar-refractivity contribution in [2.75, 3.05) is 13.1 Å². The molecular formula is C10H19N3S. The summed E-state index contributed by atoms with van der Waals surface area (Å²) in [5.41, 5.74) is 8.54. The zero-order valence-electron chi connectivity index (χ0n) is 8.70. The average molecular weight is 213 g/mol. The van der Waals surface area contributed by atoms with Crippen LogP contribution < -0.4 is 11.1 Å². The van der Waals surface area contributed by atoms with Crippen LogP contribution in [0, 0.1) is 5.92 Å². The van der Waals surface area contributed by atoms with Gasteiger partial charge in [-0.25, -0.2) is 4.98 Å². The fourth-order valence-electron chi connectivity index (χ4n) is 1.23. The number of nitrogens with one attached hydrogen (secondary N) is 1. The molecule has 0 saturated heterocycles. The Hall–Kier alpha value is -0.450. The summed E-state index contributed by atoms with van der Waals surface area (Å²) in [6.07, 6.45) is 2.41. The van der Waals surface area contributed by atoms with Crippen LogP contribution in [0.15, 0.2) is 10.9 Å². The van der Waals surface area contributed by atoms with Crippen molar-refractivity contribution in [3.8, 4) is 0 Å². The van der Waals surface area contributed by atoms with Gasteiger partial charge in [0.15, 0.2) is 0 Å². The topological polar surface area (TPSA) is 50.9 Å². The molecular weight excluding hydrogens is 194 g/mol. The number of hydrogen-bond acceptors (Lipinski definition) is 4. The molecule has 1 unspecified atom stereocenters. The second kappa shape index (κ2) is 6.92. The SMILES string of the molecule is CC(CN)CCCNCc1cscn1. The molecule has 0 aliphatic carbocycles. The van der Waals surface area contributed by atoms with Crippen LogP contribution >= 0.6 is 11.3 Å². The quantitative estimate of drug-likeness (QED) is 0.677. The molecule has 0 saturated carbocycles. The minimum absolute atomic E-state index is 0.649. The van der Waals surface area contributed by atoms with Crippen LogP contribution in [0.25, 0.3) is 0 Å². The predicted octanol–water partition coefficient (Wildman–Crippen LogP) is 1.61. The molecule has 0 fully saturated rings. The van der Waals surface area contributed by atoms with E-state index in [1.807, 2.05) is 5.51 Å². The summed E-state index contributed by atoms with van der Waals surface area (Å²) in [6, 6.07) is 0. The van der Waals surface area contributed by atoms with E-state index >= 15 is 0 Å². The van der Waals surface area contributed by atoms with E-state index in [4.69, 9.17) is 5.73 Å². The zero-order valence-corrected chi connectivity index (χ0v) is 9.52. The van der Waals surface area contributed by atoms with Crippen molar-refractivity contribution in [1.82, 2.24) is 10.3 Å². The van der Waals surface area contributed by atoms with Crippen LogP contribution in [0.3, 0.4) is 0 Å². The van der Waals surface area contributed by atoms with Crippen LogP contribution in [-0.2, 0) is 6.54 Å². The first-order chi connectivity index (χ1) is 6.83. The molecule has 1 rings (SSSR count). The van der Waals surface area contributed by atoms with Crippen molar-refractivity contribution in [2.24, 2.45) is 11.7 Å². The third-order valence-corrected chi connectivity index (χ3v) is 2.88. The summed E-state index contributed by atoms with van der Waals surface area (Å²) in [4.78, 5) is 4.20. The minimum Gasteiger partial charge on any atom is -0.330 e. The highest BCUT2D eigenvalue weighted by Gasteiger charge is 1.98. The molecule has 80 valence electrons. The lowest BCUT2D eigenvalue weighted by Crippen LogP contribution is -2.17. The Morgan fingerprint density at radius 3 is 3.14 bits per heavy atom. The summed E-state index contributed by atoms with van der Waals surface area (Å²) < 4.78 is 0. The molecule has 0 spiro atoms. The molecule has 4 heteroatoms. The van der Waals surface area contributed by atoms with Crippen LogP contribution in [0.4, 0.5) is 0 Å². The maximum Gasteiger partial charge on any atom is 0.0795 e. The van der Waals surface area contributed by atoms with Gasteiger partial charge in [0.1, 0.15) is 0 Å². The van der Waals surface area contributed by atoms with Crippen LogP contribution in [0.2, 0.25) is 0 Å². The van der Waals surface area contributed by atoms with Gasteiger partial charge in [0.2, 0.25) is 0 Å². The normalized spacial score (nSPS) is 13.0. The maximum atomic E-state index is 5.53. The van der Waals surface area contributed by atoms with Crippen LogP contribution in [-0.4, -0.2) is 18.1 Å². The summed E-state index contributed by atoms with van der Waals surface area (Å²) in [6.45, 7) is 4.94. The van der Waals surface area contributed by atoms with Gasteiger partial charge >= 0.3 is 0 Å². The van der Waals surface area contributed by atoms with Gasteiger partial charge in [0.05, 0.1) is 11.2 Å². The Balaban J connectivity index is 1.95. The van der Waals surface area contributed by atoms with Gasteiger partial charge in [-0.3, -0.25) is 0 Å². The average Bonchev–Trinajstić information content (AvgIpc) is 2.69. The molecule has 1 heterocycles. The van der Waals surface area contributed by atoms with E-state index in [0.29, 0.717) is 5.92 Å². The van der Waals surface area contributed by atoms with Gasteiger partial charge in [-0.2, -0.15) is 0 Å². The van der Waals surface area contributed by atoms with E-state index in [2.05, 4.69) is 22.6 Å². The number of nitrogens with zero attached hydrogens (tertiary/aromatic N) is 1. The van der Waals surface area contributed by atoms with Crippen molar-refractivity contribution in [2.45, 2.75) is 26.3 Å².